The zero-order valence-corrected chi connectivity index (χ0v) is 15.7. The molecule has 0 aliphatic carbocycles. The van der Waals surface area contributed by atoms with Gasteiger partial charge in [0.25, 0.3) is 0 Å². The normalized spacial score (nSPS) is 11.0. The third-order valence-electron chi connectivity index (χ3n) is 3.11. The Labute approximate surface area is 152 Å². The van der Waals surface area contributed by atoms with E-state index in [0.29, 0.717) is 6.42 Å². The molecule has 0 saturated carbocycles. The first-order chi connectivity index (χ1) is 11.5. The smallest absolute Gasteiger partial charge is 0.357 e. The maximum absolute atomic E-state index is 10.2. The van der Waals surface area contributed by atoms with Crippen LogP contribution in [-0.2, 0) is 9.59 Å². The molecule has 0 fully saturated rings. The molecule has 2 aromatic rings. The second-order valence-corrected chi connectivity index (χ2v) is 8.07. The standard InChI is InChI=1S/C12H10I.C7H12O4/c1-3-7-11(8-4-1)13-12-9-5-2-6-10-12;1-2-3-4-5(6(8)9)7(10)11/h1-10H;5H,2-4H2,1H3,(H,8,9)(H,10,11)/q+1;/p-1. The average molecular weight is 440 g/mol. The minimum absolute atomic E-state index is 0.0287. The Kier molecular flexibility index (Phi) is 9.76. The van der Waals surface area contributed by atoms with Crippen LogP contribution < -0.4 is 26.3 Å². The molecule has 128 valence electrons. The Morgan fingerprint density at radius 1 is 1.00 bits per heavy atom. The van der Waals surface area contributed by atoms with Gasteiger partial charge in [-0.15, -0.1) is 0 Å². The molecular formula is C19H21IO4. The summed E-state index contributed by atoms with van der Waals surface area (Å²) in [5.41, 5.74) is 0. The predicted octanol–water partition coefficient (Wildman–Crippen LogP) is -0.558. The summed E-state index contributed by atoms with van der Waals surface area (Å²) in [6.07, 6.45) is 1.55. The number of carboxylic acids is 2. The molecule has 0 saturated heterocycles. The number of halogens is 1. The number of hydrogen-bond acceptors (Lipinski definition) is 3. The van der Waals surface area contributed by atoms with Gasteiger partial charge in [-0.3, -0.25) is 4.79 Å². The number of rotatable bonds is 7. The van der Waals surface area contributed by atoms with E-state index in [-0.39, 0.29) is 27.6 Å². The molecule has 1 unspecified atom stereocenters. The Bertz CT molecular complexity index is 562. The molecular weight excluding hydrogens is 419 g/mol. The second-order valence-electron chi connectivity index (χ2n) is 5.04. The summed E-state index contributed by atoms with van der Waals surface area (Å²) in [7, 11) is 0. The molecule has 0 bridgehead atoms. The lowest BCUT2D eigenvalue weighted by molar-refractivity contribution is -0.597. The molecule has 24 heavy (non-hydrogen) atoms. The average Bonchev–Trinajstić information content (AvgIpc) is 2.57. The molecule has 0 radical (unpaired) electrons. The van der Waals surface area contributed by atoms with Crippen LogP contribution in [0, 0.1) is 13.1 Å². The van der Waals surface area contributed by atoms with Gasteiger partial charge in [0.2, 0.25) is 0 Å². The molecule has 0 amide bonds. The van der Waals surface area contributed by atoms with Gasteiger partial charge < -0.3 is 15.0 Å². The molecule has 0 aliphatic heterocycles. The number of carbonyl (C=O) groups excluding carboxylic acids is 1. The van der Waals surface area contributed by atoms with Crippen LogP contribution in [0.25, 0.3) is 0 Å². The number of benzene rings is 2. The van der Waals surface area contributed by atoms with Gasteiger partial charge in [-0.2, -0.15) is 0 Å². The van der Waals surface area contributed by atoms with E-state index in [1.165, 1.54) is 7.14 Å². The van der Waals surface area contributed by atoms with Crippen molar-refractivity contribution >= 4 is 11.9 Å². The van der Waals surface area contributed by atoms with Crippen LogP contribution in [0.1, 0.15) is 26.2 Å². The maximum Gasteiger partial charge on any atom is 0.357 e. The quantitative estimate of drug-likeness (QED) is 0.463. The van der Waals surface area contributed by atoms with Crippen LogP contribution in [0.4, 0.5) is 0 Å². The minimum atomic E-state index is -1.49. The number of aliphatic carboxylic acids is 2. The van der Waals surface area contributed by atoms with Gasteiger partial charge in [-0.25, -0.2) is 0 Å². The highest BCUT2D eigenvalue weighted by atomic mass is 127. The molecule has 4 nitrogen and oxygen atoms in total. The van der Waals surface area contributed by atoms with Gasteiger partial charge in [-0.1, -0.05) is 56.2 Å². The van der Waals surface area contributed by atoms with E-state index in [9.17, 15) is 14.7 Å². The third-order valence-corrected chi connectivity index (χ3v) is 5.80. The largest absolute Gasteiger partial charge is 0.549 e. The van der Waals surface area contributed by atoms with E-state index in [1.54, 1.807) is 0 Å². The molecule has 5 heteroatoms. The maximum atomic E-state index is 10.2. The van der Waals surface area contributed by atoms with Crippen molar-refractivity contribution in [1.82, 2.24) is 0 Å². The lowest BCUT2D eigenvalue weighted by atomic mass is 10.0. The molecule has 0 aliphatic rings. The zero-order chi connectivity index (χ0) is 17.8. The van der Waals surface area contributed by atoms with Gasteiger partial charge in [0.1, 0.15) is 0 Å². The van der Waals surface area contributed by atoms with Crippen molar-refractivity contribution in [3.05, 3.63) is 67.8 Å². The summed E-state index contributed by atoms with van der Waals surface area (Å²) in [4.78, 5) is 20.4. The summed E-state index contributed by atoms with van der Waals surface area (Å²) < 4.78 is 2.96. The van der Waals surface area contributed by atoms with Crippen molar-refractivity contribution in [2.75, 3.05) is 0 Å². The van der Waals surface area contributed by atoms with Gasteiger partial charge in [0.05, 0.1) is 11.9 Å². The van der Waals surface area contributed by atoms with E-state index in [4.69, 9.17) is 5.11 Å². The van der Waals surface area contributed by atoms with Gasteiger partial charge >= 0.3 is 27.2 Å². The highest BCUT2D eigenvalue weighted by Gasteiger charge is 2.17. The molecule has 0 heterocycles. The summed E-state index contributed by atoms with van der Waals surface area (Å²) in [6, 6.07) is 21.4. The monoisotopic (exact) mass is 440 g/mol. The van der Waals surface area contributed by atoms with Gasteiger partial charge in [0, 0.05) is 0 Å². The molecule has 2 rings (SSSR count). The lowest BCUT2D eigenvalue weighted by Gasteiger charge is -2.11. The van der Waals surface area contributed by atoms with Crippen molar-refractivity contribution in [3.8, 4) is 0 Å². The Morgan fingerprint density at radius 3 is 1.79 bits per heavy atom. The molecule has 1 N–H and O–H groups in total. The van der Waals surface area contributed by atoms with Crippen LogP contribution in [0.15, 0.2) is 60.7 Å². The first kappa shape index (κ1) is 20.2. The fourth-order valence-electron chi connectivity index (χ4n) is 1.83. The topological polar surface area (TPSA) is 77.4 Å². The fraction of sp³-hybridized carbons (Fsp3) is 0.263. The van der Waals surface area contributed by atoms with Gasteiger partial charge in [-0.05, 0) is 30.7 Å². The fourth-order valence-corrected chi connectivity index (χ4v) is 4.10. The highest BCUT2D eigenvalue weighted by Crippen LogP contribution is 2.07. The number of hydrogen-bond donors (Lipinski definition) is 1. The van der Waals surface area contributed by atoms with E-state index in [1.807, 2.05) is 6.92 Å². The van der Waals surface area contributed by atoms with Crippen molar-refractivity contribution in [3.63, 3.8) is 0 Å². The highest BCUT2D eigenvalue weighted by molar-refractivity contribution is 5.91. The van der Waals surface area contributed by atoms with Crippen LogP contribution in [-0.4, -0.2) is 17.0 Å². The summed E-state index contributed by atoms with van der Waals surface area (Å²) in [5.74, 6) is -4.14. The first-order valence-corrected chi connectivity index (χ1v) is 9.89. The molecule has 0 spiro atoms. The predicted molar refractivity (Wildman–Crippen MR) is 85.9 cm³/mol. The van der Waals surface area contributed by atoms with Crippen molar-refractivity contribution in [2.45, 2.75) is 26.2 Å². The van der Waals surface area contributed by atoms with Crippen LogP contribution in [0.5, 0.6) is 0 Å². The van der Waals surface area contributed by atoms with E-state index >= 15 is 0 Å². The van der Waals surface area contributed by atoms with Gasteiger partial charge in [0.15, 0.2) is 7.14 Å². The van der Waals surface area contributed by atoms with Crippen LogP contribution in [0.3, 0.4) is 0 Å². The Morgan fingerprint density at radius 2 is 1.46 bits per heavy atom. The van der Waals surface area contributed by atoms with Crippen LogP contribution >= 0.6 is 0 Å². The summed E-state index contributed by atoms with van der Waals surface area (Å²) in [5, 5.41) is 18.5. The Balaban J connectivity index is 0.000000245. The van der Waals surface area contributed by atoms with Crippen molar-refractivity contribution in [2.24, 2.45) is 5.92 Å². The number of carbonyl (C=O) groups is 2. The molecule has 0 aromatic heterocycles. The SMILES string of the molecule is CCCCC(C(=O)[O-])C(=O)O.c1ccc([I+]c2ccccc2)cc1. The summed E-state index contributed by atoms with van der Waals surface area (Å²) >= 11 is 0.0287. The number of unbranched alkanes of at least 4 members (excludes halogenated alkanes) is 1. The minimum Gasteiger partial charge on any atom is -0.549 e. The number of carboxylic acid groups (broad SMARTS) is 2. The molecule has 2 aromatic carbocycles. The van der Waals surface area contributed by atoms with E-state index in [2.05, 4.69) is 60.7 Å². The second kappa shape index (κ2) is 11.6. The van der Waals surface area contributed by atoms with Crippen molar-refractivity contribution < 1.29 is 41.0 Å². The lowest BCUT2D eigenvalue weighted by Crippen LogP contribution is -3.61. The van der Waals surface area contributed by atoms with E-state index in [0.717, 1.165) is 6.42 Å². The van der Waals surface area contributed by atoms with E-state index < -0.39 is 17.9 Å². The summed E-state index contributed by atoms with van der Waals surface area (Å²) in [6.45, 7) is 1.87. The third kappa shape index (κ3) is 8.10. The Hall–Kier alpha value is -1.89. The zero-order valence-electron chi connectivity index (χ0n) is 13.5. The first-order valence-electron chi connectivity index (χ1n) is 7.73. The van der Waals surface area contributed by atoms with Crippen LogP contribution in [0.2, 0.25) is 0 Å². The molecule has 1 atom stereocenters. The van der Waals surface area contributed by atoms with Crippen molar-refractivity contribution in [1.29, 1.82) is 0 Å².